The van der Waals surface area contributed by atoms with Crippen LogP contribution in [0.4, 0.5) is 0 Å². The maximum atomic E-state index is 13.3. The Labute approximate surface area is 173 Å². The van der Waals surface area contributed by atoms with Gasteiger partial charge in [0.15, 0.2) is 0 Å². The van der Waals surface area contributed by atoms with E-state index in [9.17, 15) is 9.59 Å². The van der Waals surface area contributed by atoms with Crippen molar-refractivity contribution in [3.05, 3.63) is 38.5 Å². The van der Waals surface area contributed by atoms with Crippen LogP contribution in [0, 0.1) is 12.3 Å². The molecule has 1 aliphatic carbocycles. The van der Waals surface area contributed by atoms with Crippen LogP contribution in [-0.2, 0) is 4.79 Å². The number of carbonyl (C=O) groups is 2. The van der Waals surface area contributed by atoms with Crippen molar-refractivity contribution in [2.45, 2.75) is 57.5 Å². The van der Waals surface area contributed by atoms with Crippen LogP contribution in [0.1, 0.15) is 64.8 Å². The van der Waals surface area contributed by atoms with E-state index in [0.29, 0.717) is 5.91 Å². The summed E-state index contributed by atoms with van der Waals surface area (Å²) in [4.78, 5) is 36.6. The number of likely N-dealkylation sites (tertiary alicyclic amines) is 2. The molecular weight excluding hydrogens is 390 g/mol. The SMILES string of the molecule is Cc1ncsc1C1N(C2CCN(C(=O)c3cccs3)CC2)C(=O)C12CCCC2. The molecule has 1 atom stereocenters. The fraction of sp³-hybridized carbons (Fsp3) is 0.571. The number of rotatable bonds is 3. The Morgan fingerprint density at radius 1 is 1.21 bits per heavy atom. The van der Waals surface area contributed by atoms with Gasteiger partial charge in [-0.3, -0.25) is 9.59 Å². The molecular formula is C21H25N3O2S2. The van der Waals surface area contributed by atoms with E-state index in [-0.39, 0.29) is 23.4 Å². The van der Waals surface area contributed by atoms with Gasteiger partial charge in [-0.25, -0.2) is 4.98 Å². The Hall–Kier alpha value is -1.73. The first-order valence-corrected chi connectivity index (χ1v) is 11.9. The van der Waals surface area contributed by atoms with Gasteiger partial charge in [0.1, 0.15) is 0 Å². The van der Waals surface area contributed by atoms with E-state index in [1.807, 2.05) is 27.9 Å². The van der Waals surface area contributed by atoms with Gasteiger partial charge in [-0.2, -0.15) is 0 Å². The van der Waals surface area contributed by atoms with Gasteiger partial charge in [-0.15, -0.1) is 22.7 Å². The van der Waals surface area contributed by atoms with Crippen LogP contribution in [0.2, 0.25) is 0 Å². The van der Waals surface area contributed by atoms with Gasteiger partial charge in [-0.1, -0.05) is 18.9 Å². The number of thiophene rings is 1. The third-order valence-corrected chi connectivity index (χ3v) is 8.71. The monoisotopic (exact) mass is 415 g/mol. The molecule has 1 saturated carbocycles. The fourth-order valence-corrected chi connectivity index (χ4v) is 7.12. The van der Waals surface area contributed by atoms with Crippen molar-refractivity contribution in [3.63, 3.8) is 0 Å². The minimum Gasteiger partial charge on any atom is -0.338 e. The minimum absolute atomic E-state index is 0.130. The Morgan fingerprint density at radius 3 is 2.57 bits per heavy atom. The summed E-state index contributed by atoms with van der Waals surface area (Å²) in [6.45, 7) is 3.52. The van der Waals surface area contributed by atoms with Crippen LogP contribution < -0.4 is 0 Å². The summed E-state index contributed by atoms with van der Waals surface area (Å²) in [5.41, 5.74) is 2.81. The fourth-order valence-electron chi connectivity index (χ4n) is 5.42. The number of carbonyl (C=O) groups excluding carboxylic acids is 2. The van der Waals surface area contributed by atoms with Gasteiger partial charge in [0, 0.05) is 19.1 Å². The zero-order valence-corrected chi connectivity index (χ0v) is 17.7. The van der Waals surface area contributed by atoms with Crippen molar-refractivity contribution in [2.75, 3.05) is 13.1 Å². The van der Waals surface area contributed by atoms with Gasteiger partial charge in [-0.05, 0) is 44.1 Å². The molecule has 4 heterocycles. The molecule has 5 rings (SSSR count). The highest BCUT2D eigenvalue weighted by Gasteiger charge is 2.64. The van der Waals surface area contributed by atoms with Crippen molar-refractivity contribution >= 4 is 34.5 Å². The molecule has 2 aliphatic heterocycles. The summed E-state index contributed by atoms with van der Waals surface area (Å²) in [6, 6.07) is 4.24. The average Bonchev–Trinajstić information content (AvgIpc) is 3.47. The van der Waals surface area contributed by atoms with E-state index in [1.54, 1.807) is 11.3 Å². The Balaban J connectivity index is 1.34. The van der Waals surface area contributed by atoms with Crippen LogP contribution in [0.25, 0.3) is 0 Å². The highest BCUT2D eigenvalue weighted by atomic mass is 32.1. The molecule has 0 aromatic carbocycles. The number of aryl methyl sites for hydroxylation is 1. The first-order chi connectivity index (χ1) is 13.6. The lowest BCUT2D eigenvalue weighted by Crippen LogP contribution is -2.66. The number of β-lactam (4-membered cyclic amide) rings is 1. The summed E-state index contributed by atoms with van der Waals surface area (Å²) < 4.78 is 0. The lowest BCUT2D eigenvalue weighted by atomic mass is 9.67. The first kappa shape index (κ1) is 18.3. The zero-order chi connectivity index (χ0) is 19.3. The molecule has 2 aromatic heterocycles. The van der Waals surface area contributed by atoms with E-state index in [1.165, 1.54) is 16.2 Å². The summed E-state index contributed by atoms with van der Waals surface area (Å²) >= 11 is 3.20. The molecule has 3 fully saturated rings. The van der Waals surface area contributed by atoms with E-state index in [2.05, 4.69) is 16.8 Å². The Kier molecular flexibility index (Phi) is 4.55. The summed E-state index contributed by atoms with van der Waals surface area (Å²) in [5.74, 6) is 0.483. The van der Waals surface area contributed by atoms with Gasteiger partial charge in [0.25, 0.3) is 5.91 Å². The second kappa shape index (κ2) is 6.95. The lowest BCUT2D eigenvalue weighted by Gasteiger charge is -2.58. The van der Waals surface area contributed by atoms with Crippen molar-refractivity contribution in [3.8, 4) is 0 Å². The molecule has 0 radical (unpaired) electrons. The largest absolute Gasteiger partial charge is 0.338 e. The standard InChI is InChI=1S/C21H25N3O2S2/c1-14-17(28-13-22-14)18-21(8-2-3-9-21)20(26)24(18)15-6-10-23(11-7-15)19(25)16-5-4-12-27-16/h4-5,12-13,15,18H,2-3,6-11H2,1H3. The van der Waals surface area contributed by atoms with Crippen LogP contribution in [0.15, 0.2) is 23.0 Å². The smallest absolute Gasteiger partial charge is 0.263 e. The molecule has 3 aliphatic rings. The normalized spacial score (nSPS) is 24.8. The number of hydrogen-bond acceptors (Lipinski definition) is 5. The van der Waals surface area contributed by atoms with Crippen LogP contribution in [0.5, 0.6) is 0 Å². The summed E-state index contributed by atoms with van der Waals surface area (Å²) in [6.07, 6.45) is 6.07. The van der Waals surface area contributed by atoms with E-state index in [4.69, 9.17) is 0 Å². The third-order valence-electron chi connectivity index (χ3n) is 6.87. The number of hydrogen-bond donors (Lipinski definition) is 0. The van der Waals surface area contributed by atoms with Crippen LogP contribution >= 0.6 is 22.7 Å². The van der Waals surface area contributed by atoms with Crippen molar-refractivity contribution in [1.29, 1.82) is 0 Å². The first-order valence-electron chi connectivity index (χ1n) is 10.2. The minimum atomic E-state index is -0.179. The Bertz CT molecular complexity index is 877. The number of amides is 2. The molecule has 0 bridgehead atoms. The van der Waals surface area contributed by atoms with E-state index < -0.39 is 0 Å². The quantitative estimate of drug-likeness (QED) is 0.704. The highest BCUT2D eigenvalue weighted by Crippen LogP contribution is 2.61. The topological polar surface area (TPSA) is 53.5 Å². The lowest BCUT2D eigenvalue weighted by molar-refractivity contribution is -0.180. The van der Waals surface area contributed by atoms with Gasteiger partial charge in [0.2, 0.25) is 5.91 Å². The van der Waals surface area contributed by atoms with Gasteiger partial charge < -0.3 is 9.80 Å². The second-order valence-electron chi connectivity index (χ2n) is 8.28. The molecule has 2 amide bonds. The molecule has 2 aromatic rings. The highest BCUT2D eigenvalue weighted by molar-refractivity contribution is 7.12. The van der Waals surface area contributed by atoms with Crippen LogP contribution in [-0.4, -0.2) is 45.7 Å². The molecule has 0 N–H and O–H groups in total. The maximum absolute atomic E-state index is 13.3. The number of thiazole rings is 1. The number of piperidine rings is 1. The zero-order valence-electron chi connectivity index (χ0n) is 16.1. The van der Waals surface area contributed by atoms with E-state index >= 15 is 0 Å². The molecule has 1 spiro atoms. The second-order valence-corrected chi connectivity index (χ2v) is 10.1. The van der Waals surface area contributed by atoms with Crippen molar-refractivity contribution in [1.82, 2.24) is 14.8 Å². The molecule has 28 heavy (non-hydrogen) atoms. The average molecular weight is 416 g/mol. The maximum Gasteiger partial charge on any atom is 0.263 e. The summed E-state index contributed by atoms with van der Waals surface area (Å²) in [7, 11) is 0. The molecule has 1 unspecified atom stereocenters. The predicted octanol–water partition coefficient (Wildman–Crippen LogP) is 4.26. The number of aromatic nitrogens is 1. The molecule has 2 saturated heterocycles. The van der Waals surface area contributed by atoms with Gasteiger partial charge in [0.05, 0.1) is 32.4 Å². The molecule has 5 nitrogen and oxygen atoms in total. The molecule has 7 heteroatoms. The van der Waals surface area contributed by atoms with Crippen LogP contribution in [0.3, 0.4) is 0 Å². The molecule has 148 valence electrons. The van der Waals surface area contributed by atoms with Gasteiger partial charge >= 0.3 is 0 Å². The van der Waals surface area contributed by atoms with E-state index in [0.717, 1.165) is 62.2 Å². The Morgan fingerprint density at radius 2 is 1.96 bits per heavy atom. The van der Waals surface area contributed by atoms with Crippen molar-refractivity contribution in [2.24, 2.45) is 5.41 Å². The predicted molar refractivity (Wildman–Crippen MR) is 111 cm³/mol. The van der Waals surface area contributed by atoms with Crippen molar-refractivity contribution < 1.29 is 9.59 Å². The third kappa shape index (κ3) is 2.66. The number of nitrogens with zero attached hydrogens (tertiary/aromatic N) is 3. The summed E-state index contributed by atoms with van der Waals surface area (Å²) in [5, 5.41) is 1.95.